The number of nitrogens with zero attached hydrogens (tertiary/aromatic N) is 2. The van der Waals surface area contributed by atoms with E-state index >= 15 is 0 Å². The molecule has 0 fully saturated rings. The Bertz CT molecular complexity index is 525. The number of nitrogens with one attached hydrogen (secondary N) is 1. The van der Waals surface area contributed by atoms with Crippen molar-refractivity contribution < 1.29 is 4.74 Å². The molecule has 0 saturated heterocycles. The zero-order chi connectivity index (χ0) is 15.1. The smallest absolute Gasteiger partial charge is 0.185 e. The summed E-state index contributed by atoms with van der Waals surface area (Å²) in [5.74, 6) is 0. The molecule has 0 aliphatic rings. The van der Waals surface area contributed by atoms with Crippen molar-refractivity contribution in [1.29, 1.82) is 0 Å². The number of thiazole rings is 1. The van der Waals surface area contributed by atoms with Gasteiger partial charge < -0.3 is 15.0 Å². The molecule has 116 valence electrons. The Kier molecular flexibility index (Phi) is 6.63. The van der Waals surface area contributed by atoms with Gasteiger partial charge in [-0.05, 0) is 28.8 Å². The second-order valence-corrected chi connectivity index (χ2v) is 6.72. The summed E-state index contributed by atoms with van der Waals surface area (Å²) in [7, 11) is 3.83. The fourth-order valence-corrected chi connectivity index (χ4v) is 3.79. The minimum absolute atomic E-state index is 0.741. The second kappa shape index (κ2) is 8.48. The minimum atomic E-state index is 0.741. The van der Waals surface area contributed by atoms with Crippen LogP contribution in [-0.2, 0) is 24.2 Å². The van der Waals surface area contributed by atoms with E-state index in [-0.39, 0.29) is 0 Å². The highest BCUT2D eigenvalue weighted by Crippen LogP contribution is 2.27. The van der Waals surface area contributed by atoms with E-state index in [1.54, 1.807) is 29.8 Å². The van der Waals surface area contributed by atoms with Crippen molar-refractivity contribution in [2.75, 3.05) is 32.2 Å². The van der Waals surface area contributed by atoms with Crippen LogP contribution in [0.4, 0.5) is 5.13 Å². The van der Waals surface area contributed by atoms with E-state index in [1.807, 2.05) is 0 Å². The lowest BCUT2D eigenvalue weighted by molar-refractivity contribution is 0.199. The van der Waals surface area contributed by atoms with Crippen molar-refractivity contribution in [1.82, 2.24) is 10.3 Å². The van der Waals surface area contributed by atoms with Gasteiger partial charge in [0.15, 0.2) is 5.13 Å². The maximum absolute atomic E-state index is 5.06. The van der Waals surface area contributed by atoms with Crippen LogP contribution in [0, 0.1) is 0 Å². The maximum Gasteiger partial charge on any atom is 0.185 e. The highest BCUT2D eigenvalue weighted by atomic mass is 32.1. The predicted octanol–water partition coefficient (Wildman–Crippen LogP) is 3.14. The predicted molar refractivity (Wildman–Crippen MR) is 91.5 cm³/mol. The molecule has 2 rings (SSSR count). The monoisotopic (exact) mass is 325 g/mol. The van der Waals surface area contributed by atoms with Gasteiger partial charge in [0.1, 0.15) is 0 Å². The van der Waals surface area contributed by atoms with Crippen molar-refractivity contribution in [2.24, 2.45) is 0 Å². The van der Waals surface area contributed by atoms with Crippen LogP contribution in [0.3, 0.4) is 0 Å². The number of anilines is 1. The lowest BCUT2D eigenvalue weighted by atomic mass is 10.3. The normalized spacial score (nSPS) is 11.0. The number of aromatic nitrogens is 1. The Morgan fingerprint density at radius 1 is 1.43 bits per heavy atom. The number of rotatable bonds is 9. The van der Waals surface area contributed by atoms with Crippen LogP contribution in [0.25, 0.3) is 0 Å². The highest BCUT2D eigenvalue weighted by Gasteiger charge is 2.13. The largest absolute Gasteiger partial charge is 0.383 e. The molecule has 1 N–H and O–H groups in total. The first kappa shape index (κ1) is 16.4. The van der Waals surface area contributed by atoms with Gasteiger partial charge in [-0.15, -0.1) is 11.3 Å². The molecule has 0 aliphatic carbocycles. The molecule has 0 radical (unpaired) electrons. The number of methoxy groups -OCH3 is 1. The zero-order valence-corrected chi connectivity index (χ0v) is 14.5. The first-order chi connectivity index (χ1) is 10.2. The fraction of sp³-hybridized carbons (Fsp3) is 0.533. The SMILES string of the molecule is CCc1nc(N(C)Cc2ccsc2)sc1CNCCOC. The third-order valence-corrected chi connectivity index (χ3v) is 5.14. The van der Waals surface area contributed by atoms with E-state index in [0.717, 1.165) is 37.8 Å². The molecule has 0 aliphatic heterocycles. The summed E-state index contributed by atoms with van der Waals surface area (Å²) < 4.78 is 5.06. The molecule has 0 unspecified atom stereocenters. The highest BCUT2D eigenvalue weighted by molar-refractivity contribution is 7.15. The molecule has 0 spiro atoms. The lowest BCUT2D eigenvalue weighted by Crippen LogP contribution is -2.18. The molecule has 0 saturated carbocycles. The third-order valence-electron chi connectivity index (χ3n) is 3.20. The minimum Gasteiger partial charge on any atom is -0.383 e. The Balaban J connectivity index is 1.98. The number of hydrogen-bond acceptors (Lipinski definition) is 6. The van der Waals surface area contributed by atoms with Crippen LogP contribution >= 0.6 is 22.7 Å². The van der Waals surface area contributed by atoms with Crippen LogP contribution < -0.4 is 10.2 Å². The summed E-state index contributed by atoms with van der Waals surface area (Å²) in [6.45, 7) is 5.56. The summed E-state index contributed by atoms with van der Waals surface area (Å²) >= 11 is 3.53. The van der Waals surface area contributed by atoms with E-state index in [4.69, 9.17) is 9.72 Å². The Morgan fingerprint density at radius 3 is 2.95 bits per heavy atom. The quantitative estimate of drug-likeness (QED) is 0.719. The Labute approximate surface area is 134 Å². The first-order valence-electron chi connectivity index (χ1n) is 7.15. The van der Waals surface area contributed by atoms with Gasteiger partial charge in [-0.3, -0.25) is 0 Å². The molecule has 4 nitrogen and oxygen atoms in total. The van der Waals surface area contributed by atoms with Crippen molar-refractivity contribution in [3.8, 4) is 0 Å². The summed E-state index contributed by atoms with van der Waals surface area (Å²) in [6.07, 6.45) is 0.976. The molecular weight excluding hydrogens is 302 g/mol. The van der Waals surface area contributed by atoms with E-state index in [2.05, 4.69) is 41.0 Å². The van der Waals surface area contributed by atoms with Crippen molar-refractivity contribution in [3.05, 3.63) is 33.0 Å². The van der Waals surface area contributed by atoms with Gasteiger partial charge in [0.05, 0.1) is 12.3 Å². The van der Waals surface area contributed by atoms with Gasteiger partial charge >= 0.3 is 0 Å². The van der Waals surface area contributed by atoms with Crippen LogP contribution in [0.5, 0.6) is 0 Å². The lowest BCUT2D eigenvalue weighted by Gasteiger charge is -2.14. The van der Waals surface area contributed by atoms with Crippen molar-refractivity contribution in [2.45, 2.75) is 26.4 Å². The van der Waals surface area contributed by atoms with Crippen LogP contribution in [0.15, 0.2) is 16.8 Å². The molecular formula is C15H23N3OS2. The molecule has 0 amide bonds. The van der Waals surface area contributed by atoms with Gasteiger partial charge in [-0.25, -0.2) is 4.98 Å². The molecule has 6 heteroatoms. The topological polar surface area (TPSA) is 37.4 Å². The van der Waals surface area contributed by atoms with Gasteiger partial charge in [0.2, 0.25) is 0 Å². The molecule has 0 atom stereocenters. The molecule has 0 bridgehead atoms. The number of thiophene rings is 1. The number of aryl methyl sites for hydroxylation is 1. The Hall–Kier alpha value is -0.950. The van der Waals surface area contributed by atoms with Crippen LogP contribution in [0.1, 0.15) is 23.1 Å². The summed E-state index contributed by atoms with van der Waals surface area (Å²) in [6, 6.07) is 2.17. The number of ether oxygens (including phenoxy) is 1. The van der Waals surface area contributed by atoms with Gasteiger partial charge in [-0.1, -0.05) is 6.92 Å². The average molecular weight is 326 g/mol. The number of hydrogen-bond donors (Lipinski definition) is 1. The fourth-order valence-electron chi connectivity index (χ4n) is 2.05. The summed E-state index contributed by atoms with van der Waals surface area (Å²) in [5.41, 5.74) is 2.55. The van der Waals surface area contributed by atoms with Gasteiger partial charge in [0, 0.05) is 38.7 Å². The molecule has 0 aromatic carbocycles. The van der Waals surface area contributed by atoms with Crippen LogP contribution in [0.2, 0.25) is 0 Å². The van der Waals surface area contributed by atoms with E-state index in [0.29, 0.717) is 0 Å². The summed E-state index contributed by atoms with van der Waals surface area (Å²) in [4.78, 5) is 8.35. The average Bonchev–Trinajstić information content (AvgIpc) is 3.12. The molecule has 2 heterocycles. The standard InChI is InChI=1S/C15H23N3OS2/c1-4-13-14(9-16-6-7-19-3)21-15(17-13)18(2)10-12-5-8-20-11-12/h5,8,11,16H,4,6-7,9-10H2,1-3H3. The van der Waals surface area contributed by atoms with E-state index < -0.39 is 0 Å². The van der Waals surface area contributed by atoms with E-state index in [1.165, 1.54) is 16.1 Å². The van der Waals surface area contributed by atoms with Crippen LogP contribution in [-0.4, -0.2) is 32.3 Å². The zero-order valence-electron chi connectivity index (χ0n) is 12.9. The second-order valence-electron chi connectivity index (χ2n) is 4.88. The third kappa shape index (κ3) is 4.78. The van der Waals surface area contributed by atoms with E-state index in [9.17, 15) is 0 Å². The molecule has 21 heavy (non-hydrogen) atoms. The van der Waals surface area contributed by atoms with Crippen molar-refractivity contribution >= 4 is 27.8 Å². The summed E-state index contributed by atoms with van der Waals surface area (Å²) in [5, 5.41) is 8.81. The van der Waals surface area contributed by atoms with Gasteiger partial charge in [0.25, 0.3) is 0 Å². The maximum atomic E-state index is 5.06. The molecule has 2 aromatic rings. The van der Waals surface area contributed by atoms with Crippen molar-refractivity contribution in [3.63, 3.8) is 0 Å². The Morgan fingerprint density at radius 2 is 2.29 bits per heavy atom. The molecule has 2 aromatic heterocycles. The first-order valence-corrected chi connectivity index (χ1v) is 8.91. The van der Waals surface area contributed by atoms with Gasteiger partial charge in [-0.2, -0.15) is 11.3 Å².